The number of hydrogen-bond donors (Lipinski definition) is 1. The van der Waals surface area contributed by atoms with Gasteiger partial charge in [0.2, 0.25) is 0 Å². The minimum absolute atomic E-state index is 0.0717. The summed E-state index contributed by atoms with van der Waals surface area (Å²) in [5, 5.41) is 9.55. The maximum Gasteiger partial charge on any atom is 0.0948 e. The molecule has 1 aromatic heterocycles. The summed E-state index contributed by atoms with van der Waals surface area (Å²) in [6, 6.07) is 0. The van der Waals surface area contributed by atoms with Gasteiger partial charge in [-0.1, -0.05) is 6.42 Å². The Kier molecular flexibility index (Phi) is 2.87. The third kappa shape index (κ3) is 2.15. The standard InChI is InChI=1S/C11H18N2O/c1-9-6-12-8-13(9)7-10-3-2-4-11(14)5-10/h6,8,10-11,14H,2-5,7H2,1H3. The Morgan fingerprint density at radius 1 is 1.57 bits per heavy atom. The van der Waals surface area contributed by atoms with Gasteiger partial charge in [-0.3, -0.25) is 0 Å². The Morgan fingerprint density at radius 3 is 3.07 bits per heavy atom. The Hall–Kier alpha value is -0.830. The van der Waals surface area contributed by atoms with E-state index in [0.29, 0.717) is 5.92 Å². The molecular weight excluding hydrogens is 176 g/mol. The molecule has 1 aromatic rings. The smallest absolute Gasteiger partial charge is 0.0948 e. The van der Waals surface area contributed by atoms with E-state index in [1.54, 1.807) is 0 Å². The third-order valence-electron chi connectivity index (χ3n) is 3.13. The molecule has 0 saturated heterocycles. The molecule has 0 bridgehead atoms. The van der Waals surface area contributed by atoms with E-state index in [1.807, 2.05) is 12.5 Å². The van der Waals surface area contributed by atoms with Gasteiger partial charge in [-0.05, 0) is 32.1 Å². The lowest BCUT2D eigenvalue weighted by Crippen LogP contribution is -2.23. The predicted molar refractivity (Wildman–Crippen MR) is 54.9 cm³/mol. The van der Waals surface area contributed by atoms with Crippen LogP contribution in [0.4, 0.5) is 0 Å². The van der Waals surface area contributed by atoms with Crippen LogP contribution in [0.5, 0.6) is 0 Å². The summed E-state index contributed by atoms with van der Waals surface area (Å²) < 4.78 is 2.18. The van der Waals surface area contributed by atoms with Gasteiger partial charge >= 0.3 is 0 Å². The van der Waals surface area contributed by atoms with Crippen molar-refractivity contribution in [3.63, 3.8) is 0 Å². The van der Waals surface area contributed by atoms with Gasteiger partial charge in [-0.2, -0.15) is 0 Å². The third-order valence-corrected chi connectivity index (χ3v) is 3.13. The fourth-order valence-corrected chi connectivity index (χ4v) is 2.28. The fraction of sp³-hybridized carbons (Fsp3) is 0.727. The summed E-state index contributed by atoms with van der Waals surface area (Å²) in [6.07, 6.45) is 8.05. The number of aryl methyl sites for hydroxylation is 1. The van der Waals surface area contributed by atoms with Gasteiger partial charge < -0.3 is 9.67 Å². The molecule has 1 saturated carbocycles. The van der Waals surface area contributed by atoms with Crippen molar-refractivity contribution < 1.29 is 5.11 Å². The van der Waals surface area contributed by atoms with E-state index < -0.39 is 0 Å². The molecule has 0 radical (unpaired) electrons. The second kappa shape index (κ2) is 4.13. The van der Waals surface area contributed by atoms with E-state index in [0.717, 1.165) is 19.4 Å². The van der Waals surface area contributed by atoms with Crippen LogP contribution in [-0.4, -0.2) is 20.8 Å². The molecule has 14 heavy (non-hydrogen) atoms. The molecule has 1 fully saturated rings. The zero-order chi connectivity index (χ0) is 9.97. The van der Waals surface area contributed by atoms with Crippen LogP contribution in [-0.2, 0) is 6.54 Å². The largest absolute Gasteiger partial charge is 0.393 e. The van der Waals surface area contributed by atoms with Gasteiger partial charge in [-0.15, -0.1) is 0 Å². The lowest BCUT2D eigenvalue weighted by molar-refractivity contribution is 0.0952. The molecule has 0 aromatic carbocycles. The molecule has 1 heterocycles. The van der Waals surface area contributed by atoms with E-state index in [1.165, 1.54) is 18.5 Å². The van der Waals surface area contributed by atoms with Crippen molar-refractivity contribution in [3.8, 4) is 0 Å². The Bertz CT molecular complexity index is 295. The molecule has 2 rings (SSSR count). The normalized spacial score (nSPS) is 27.9. The van der Waals surface area contributed by atoms with Crippen molar-refractivity contribution in [1.29, 1.82) is 0 Å². The lowest BCUT2D eigenvalue weighted by Gasteiger charge is -2.26. The first kappa shape index (κ1) is 9.71. The van der Waals surface area contributed by atoms with Crippen molar-refractivity contribution in [3.05, 3.63) is 18.2 Å². The highest BCUT2D eigenvalue weighted by atomic mass is 16.3. The molecule has 78 valence electrons. The van der Waals surface area contributed by atoms with E-state index in [-0.39, 0.29) is 6.10 Å². The van der Waals surface area contributed by atoms with Crippen LogP contribution in [0, 0.1) is 12.8 Å². The van der Waals surface area contributed by atoms with Crippen molar-refractivity contribution in [2.75, 3.05) is 0 Å². The van der Waals surface area contributed by atoms with Gasteiger partial charge in [0.15, 0.2) is 0 Å². The SMILES string of the molecule is Cc1cncn1CC1CCCC(O)C1. The van der Waals surface area contributed by atoms with Crippen LogP contribution in [0.1, 0.15) is 31.4 Å². The summed E-state index contributed by atoms with van der Waals surface area (Å²) in [6.45, 7) is 3.09. The van der Waals surface area contributed by atoms with Crippen LogP contribution >= 0.6 is 0 Å². The average Bonchev–Trinajstić information content (AvgIpc) is 2.52. The van der Waals surface area contributed by atoms with Crippen molar-refractivity contribution in [2.24, 2.45) is 5.92 Å². The van der Waals surface area contributed by atoms with Crippen LogP contribution in [0.15, 0.2) is 12.5 Å². The summed E-state index contributed by atoms with van der Waals surface area (Å²) in [5.74, 6) is 0.631. The number of aliphatic hydroxyl groups excluding tert-OH is 1. The number of aliphatic hydroxyl groups is 1. The molecule has 1 aliphatic rings. The van der Waals surface area contributed by atoms with Gasteiger partial charge in [-0.25, -0.2) is 4.98 Å². The molecule has 0 aliphatic heterocycles. The maximum atomic E-state index is 9.55. The Balaban J connectivity index is 1.94. The zero-order valence-electron chi connectivity index (χ0n) is 8.69. The lowest BCUT2D eigenvalue weighted by atomic mass is 9.87. The molecule has 0 amide bonds. The van der Waals surface area contributed by atoms with Gasteiger partial charge in [0.1, 0.15) is 0 Å². The highest BCUT2D eigenvalue weighted by Crippen LogP contribution is 2.25. The molecule has 0 spiro atoms. The van der Waals surface area contributed by atoms with Crippen molar-refractivity contribution >= 4 is 0 Å². The molecule has 1 aliphatic carbocycles. The predicted octanol–water partition coefficient (Wildman–Crippen LogP) is 1.74. The molecular formula is C11H18N2O. The summed E-state index contributed by atoms with van der Waals surface area (Å²) in [4.78, 5) is 4.11. The monoisotopic (exact) mass is 194 g/mol. The topological polar surface area (TPSA) is 38.0 Å². The molecule has 2 atom stereocenters. The first-order valence-corrected chi connectivity index (χ1v) is 5.40. The van der Waals surface area contributed by atoms with E-state index in [9.17, 15) is 5.11 Å². The highest BCUT2D eigenvalue weighted by Gasteiger charge is 2.20. The second-order valence-corrected chi connectivity index (χ2v) is 4.37. The molecule has 2 unspecified atom stereocenters. The first-order chi connectivity index (χ1) is 6.75. The number of rotatable bonds is 2. The highest BCUT2D eigenvalue weighted by molar-refractivity contribution is 4.94. The zero-order valence-corrected chi connectivity index (χ0v) is 8.69. The van der Waals surface area contributed by atoms with Gasteiger partial charge in [0.25, 0.3) is 0 Å². The summed E-state index contributed by atoms with van der Waals surface area (Å²) >= 11 is 0. The minimum atomic E-state index is -0.0717. The van der Waals surface area contributed by atoms with Crippen LogP contribution < -0.4 is 0 Å². The Morgan fingerprint density at radius 2 is 2.43 bits per heavy atom. The molecule has 1 N–H and O–H groups in total. The molecule has 3 nitrogen and oxygen atoms in total. The second-order valence-electron chi connectivity index (χ2n) is 4.37. The van der Waals surface area contributed by atoms with Crippen LogP contribution in [0.2, 0.25) is 0 Å². The van der Waals surface area contributed by atoms with E-state index in [4.69, 9.17) is 0 Å². The summed E-state index contributed by atoms with van der Waals surface area (Å²) in [5.41, 5.74) is 1.21. The number of imidazole rings is 1. The van der Waals surface area contributed by atoms with Gasteiger partial charge in [0.05, 0.1) is 12.4 Å². The summed E-state index contributed by atoms with van der Waals surface area (Å²) in [7, 11) is 0. The number of aromatic nitrogens is 2. The average molecular weight is 194 g/mol. The van der Waals surface area contributed by atoms with Crippen molar-refractivity contribution in [1.82, 2.24) is 9.55 Å². The van der Waals surface area contributed by atoms with Gasteiger partial charge in [0, 0.05) is 18.4 Å². The van der Waals surface area contributed by atoms with E-state index >= 15 is 0 Å². The Labute approximate surface area is 84.8 Å². The molecule has 3 heteroatoms. The first-order valence-electron chi connectivity index (χ1n) is 5.40. The number of nitrogens with zero attached hydrogens (tertiary/aromatic N) is 2. The minimum Gasteiger partial charge on any atom is -0.393 e. The van der Waals surface area contributed by atoms with Crippen molar-refractivity contribution in [2.45, 2.75) is 45.3 Å². The van der Waals surface area contributed by atoms with E-state index in [2.05, 4.69) is 16.5 Å². The maximum absolute atomic E-state index is 9.55. The fourth-order valence-electron chi connectivity index (χ4n) is 2.28. The van der Waals surface area contributed by atoms with Crippen LogP contribution in [0.25, 0.3) is 0 Å². The number of hydrogen-bond acceptors (Lipinski definition) is 2. The van der Waals surface area contributed by atoms with Crippen LogP contribution in [0.3, 0.4) is 0 Å². The quantitative estimate of drug-likeness (QED) is 0.778.